The third-order valence-electron chi connectivity index (χ3n) is 6.81. The van der Waals surface area contributed by atoms with Gasteiger partial charge in [-0.1, -0.05) is 36.7 Å². The van der Waals surface area contributed by atoms with E-state index in [9.17, 15) is 9.18 Å². The number of rotatable bonds is 10. The van der Waals surface area contributed by atoms with Gasteiger partial charge in [0.2, 0.25) is 0 Å². The van der Waals surface area contributed by atoms with Gasteiger partial charge in [-0.05, 0) is 73.5 Å². The summed E-state index contributed by atoms with van der Waals surface area (Å²) >= 11 is 6.21. The van der Waals surface area contributed by atoms with Gasteiger partial charge >= 0.3 is 0 Å². The molecule has 2 aliphatic rings. The molecule has 1 aliphatic heterocycles. The topological polar surface area (TPSA) is 74.0 Å². The molecule has 2 aromatic carbocycles. The Kier molecular flexibility index (Phi) is 12.1. The Morgan fingerprint density at radius 1 is 1.15 bits per heavy atom. The molecule has 0 saturated carbocycles. The van der Waals surface area contributed by atoms with Gasteiger partial charge in [-0.2, -0.15) is 0 Å². The SMILES string of the molecule is CCC(CCOC)Oc1ccc(C2C=C(c3cc(Cl)ccc3N)CCN2C)cc1.O=COC1=CC=C(F)CC1. The van der Waals surface area contributed by atoms with Crippen molar-refractivity contribution in [2.75, 3.05) is 33.0 Å². The summed E-state index contributed by atoms with van der Waals surface area (Å²) in [5, 5.41) is 0.714. The highest BCUT2D eigenvalue weighted by Crippen LogP contribution is 2.36. The van der Waals surface area contributed by atoms with Gasteiger partial charge in [-0.25, -0.2) is 4.39 Å². The highest BCUT2D eigenvalue weighted by molar-refractivity contribution is 6.30. The van der Waals surface area contributed by atoms with Crippen molar-refractivity contribution in [1.29, 1.82) is 0 Å². The third kappa shape index (κ3) is 9.24. The molecule has 1 heterocycles. The van der Waals surface area contributed by atoms with E-state index in [4.69, 9.17) is 26.8 Å². The summed E-state index contributed by atoms with van der Waals surface area (Å²) in [5.74, 6) is 1.26. The largest absolute Gasteiger partial charge is 0.490 e. The predicted molar refractivity (Wildman–Crippen MR) is 155 cm³/mol. The van der Waals surface area contributed by atoms with Crippen molar-refractivity contribution in [1.82, 2.24) is 4.90 Å². The summed E-state index contributed by atoms with van der Waals surface area (Å²) in [6, 6.07) is 14.3. The summed E-state index contributed by atoms with van der Waals surface area (Å²) in [4.78, 5) is 12.1. The van der Waals surface area contributed by atoms with Gasteiger partial charge in [0.15, 0.2) is 0 Å². The number of allylic oxidation sites excluding steroid dienone is 4. The molecule has 2 atom stereocenters. The first-order valence-electron chi connectivity index (χ1n) is 13.2. The first kappa shape index (κ1) is 30.4. The van der Waals surface area contributed by atoms with Crippen LogP contribution in [0.15, 0.2) is 72.3 Å². The lowest BCUT2D eigenvalue weighted by molar-refractivity contribution is -0.125. The number of halogens is 2. The van der Waals surface area contributed by atoms with Gasteiger partial charge in [-0.3, -0.25) is 9.69 Å². The number of benzene rings is 2. The number of likely N-dealkylation sites (N-methyl/N-ethyl adjacent to an activating group) is 1. The summed E-state index contributed by atoms with van der Waals surface area (Å²) in [5.41, 5.74) is 10.5. The molecule has 39 heavy (non-hydrogen) atoms. The van der Waals surface area contributed by atoms with E-state index >= 15 is 0 Å². The van der Waals surface area contributed by atoms with E-state index in [0.717, 1.165) is 42.8 Å². The van der Waals surface area contributed by atoms with Gasteiger partial charge in [0, 0.05) is 55.8 Å². The average Bonchev–Trinajstić information content (AvgIpc) is 2.95. The molecule has 0 aromatic heterocycles. The number of hydrogen-bond donors (Lipinski definition) is 1. The van der Waals surface area contributed by atoms with Crippen LogP contribution < -0.4 is 10.5 Å². The van der Waals surface area contributed by atoms with Crippen molar-refractivity contribution in [3.63, 3.8) is 0 Å². The minimum Gasteiger partial charge on any atom is -0.490 e. The third-order valence-corrected chi connectivity index (χ3v) is 7.05. The van der Waals surface area contributed by atoms with Crippen molar-refractivity contribution >= 4 is 29.3 Å². The molecule has 0 saturated heterocycles. The lowest BCUT2D eigenvalue weighted by Crippen LogP contribution is -2.28. The monoisotopic (exact) mass is 556 g/mol. The van der Waals surface area contributed by atoms with Crippen LogP contribution in [0.25, 0.3) is 5.57 Å². The number of anilines is 1. The smallest absolute Gasteiger partial charge is 0.298 e. The van der Waals surface area contributed by atoms with E-state index in [-0.39, 0.29) is 18.0 Å². The van der Waals surface area contributed by atoms with E-state index in [1.54, 1.807) is 7.11 Å². The van der Waals surface area contributed by atoms with E-state index in [2.05, 4.69) is 53.9 Å². The zero-order chi connectivity index (χ0) is 28.2. The maximum Gasteiger partial charge on any atom is 0.298 e. The van der Waals surface area contributed by atoms with Gasteiger partial charge in [0.25, 0.3) is 6.47 Å². The molecule has 1 aliphatic carbocycles. The fourth-order valence-corrected chi connectivity index (χ4v) is 4.68. The minimum atomic E-state index is -0.168. The molecule has 0 amide bonds. The van der Waals surface area contributed by atoms with E-state index < -0.39 is 0 Å². The highest BCUT2D eigenvalue weighted by Gasteiger charge is 2.22. The van der Waals surface area contributed by atoms with E-state index in [1.165, 1.54) is 23.3 Å². The number of carbonyl (C=O) groups is 1. The van der Waals surface area contributed by atoms with Crippen molar-refractivity contribution < 1.29 is 23.4 Å². The normalized spacial score (nSPS) is 18.1. The lowest BCUT2D eigenvalue weighted by atomic mass is 9.92. The molecular weight excluding hydrogens is 519 g/mol. The van der Waals surface area contributed by atoms with Gasteiger partial charge < -0.3 is 19.9 Å². The number of nitrogens with zero attached hydrogens (tertiary/aromatic N) is 1. The number of methoxy groups -OCH3 is 1. The molecule has 2 aromatic rings. The second-order valence-corrected chi connectivity index (χ2v) is 9.99. The minimum absolute atomic E-state index is 0.168. The molecule has 0 fully saturated rings. The number of hydrogen-bond acceptors (Lipinski definition) is 6. The Morgan fingerprint density at radius 3 is 2.56 bits per heavy atom. The van der Waals surface area contributed by atoms with Crippen LogP contribution in [0.1, 0.15) is 56.2 Å². The Balaban J connectivity index is 0.000000353. The van der Waals surface area contributed by atoms with Crippen LogP contribution in [-0.4, -0.2) is 44.8 Å². The van der Waals surface area contributed by atoms with Crippen LogP contribution in [0.2, 0.25) is 5.02 Å². The van der Waals surface area contributed by atoms with Crippen LogP contribution in [0, 0.1) is 0 Å². The Bertz CT molecular complexity index is 1180. The van der Waals surface area contributed by atoms with Crippen molar-refractivity contribution in [2.24, 2.45) is 0 Å². The van der Waals surface area contributed by atoms with Gasteiger partial charge in [-0.15, -0.1) is 0 Å². The van der Waals surface area contributed by atoms with Crippen LogP contribution in [0.5, 0.6) is 5.75 Å². The number of nitrogen functional groups attached to an aromatic ring is 1. The maximum absolute atomic E-state index is 12.3. The predicted octanol–water partition coefficient (Wildman–Crippen LogP) is 7.27. The van der Waals surface area contributed by atoms with Gasteiger partial charge in [0.05, 0.1) is 6.04 Å². The molecule has 2 unspecified atom stereocenters. The lowest BCUT2D eigenvalue weighted by Gasteiger charge is -2.32. The zero-order valence-electron chi connectivity index (χ0n) is 22.9. The second kappa shape index (κ2) is 15.5. The quantitative estimate of drug-likeness (QED) is 0.245. The van der Waals surface area contributed by atoms with Crippen molar-refractivity contribution in [2.45, 2.75) is 51.2 Å². The fraction of sp³-hybridized carbons (Fsp3) is 0.387. The molecular formula is C31H38ClFN2O4. The summed E-state index contributed by atoms with van der Waals surface area (Å²) in [6.07, 6.45) is 8.87. The summed E-state index contributed by atoms with van der Waals surface area (Å²) in [7, 11) is 3.88. The molecule has 0 radical (unpaired) electrons. The fourth-order valence-electron chi connectivity index (χ4n) is 4.50. The number of nitrogens with two attached hydrogens (primary N) is 1. The van der Waals surface area contributed by atoms with Gasteiger partial charge in [0.1, 0.15) is 23.4 Å². The maximum atomic E-state index is 12.3. The molecule has 0 spiro atoms. The molecule has 2 N–H and O–H groups in total. The zero-order valence-corrected chi connectivity index (χ0v) is 23.6. The summed E-state index contributed by atoms with van der Waals surface area (Å²) < 4.78 is 28.1. The van der Waals surface area contributed by atoms with Crippen LogP contribution >= 0.6 is 11.6 Å². The Labute approximate surface area is 235 Å². The highest BCUT2D eigenvalue weighted by atomic mass is 35.5. The van der Waals surface area contributed by atoms with Crippen molar-refractivity contribution in [3.8, 4) is 5.75 Å². The Morgan fingerprint density at radius 2 is 1.92 bits per heavy atom. The van der Waals surface area contributed by atoms with E-state index in [1.807, 2.05) is 18.2 Å². The van der Waals surface area contributed by atoms with E-state index in [0.29, 0.717) is 36.7 Å². The second-order valence-electron chi connectivity index (χ2n) is 9.56. The average molecular weight is 557 g/mol. The standard InChI is InChI=1S/C24H31ClN2O2.C7H7FO2/c1-4-20(12-14-28-3)29-21-8-5-17(6-9-21)24-15-18(11-13-27(24)2)22-16-19(25)7-10-23(22)26;8-6-1-3-7(4-2-6)10-5-9/h5-10,15-16,20,24H,4,11-14,26H2,1-3H3;1,3,5H,2,4H2. The first-order valence-corrected chi connectivity index (χ1v) is 13.6. The molecule has 6 nitrogen and oxygen atoms in total. The van der Waals surface area contributed by atoms with Crippen LogP contribution in [0.3, 0.4) is 0 Å². The molecule has 4 rings (SSSR count). The Hall–Kier alpha value is -3.13. The summed E-state index contributed by atoms with van der Waals surface area (Å²) in [6.45, 7) is 4.17. The number of ether oxygens (including phenoxy) is 3. The number of carbonyl (C=O) groups excluding carboxylic acids is 1. The first-order chi connectivity index (χ1) is 18.8. The molecule has 8 heteroatoms. The molecule has 210 valence electrons. The molecule has 0 bridgehead atoms. The van der Waals surface area contributed by atoms with Crippen molar-refractivity contribution in [3.05, 3.63) is 88.4 Å². The van der Waals surface area contributed by atoms with Crippen LogP contribution in [0.4, 0.5) is 10.1 Å². The van der Waals surface area contributed by atoms with Crippen LogP contribution in [-0.2, 0) is 14.3 Å².